The lowest BCUT2D eigenvalue weighted by Gasteiger charge is -2.33. The zero-order chi connectivity index (χ0) is 14.7. The molecule has 0 unspecified atom stereocenters. The van der Waals surface area contributed by atoms with Gasteiger partial charge in [-0.3, -0.25) is 4.79 Å². The van der Waals surface area contributed by atoms with Gasteiger partial charge in [-0.15, -0.1) is 0 Å². The molecule has 1 saturated heterocycles. The van der Waals surface area contributed by atoms with E-state index < -0.39 is 0 Å². The highest BCUT2D eigenvalue weighted by Crippen LogP contribution is 2.22. The molecule has 0 aliphatic carbocycles. The Kier molecular flexibility index (Phi) is 4.65. The molecule has 0 atom stereocenters. The largest absolute Gasteiger partial charge is 0.398 e. The van der Waals surface area contributed by atoms with Crippen molar-refractivity contribution in [3.63, 3.8) is 0 Å². The predicted octanol–water partition coefficient (Wildman–Crippen LogP) is 1.99. The van der Waals surface area contributed by atoms with E-state index in [9.17, 15) is 4.79 Å². The second kappa shape index (κ2) is 6.27. The lowest BCUT2D eigenvalue weighted by molar-refractivity contribution is 0.0679. The van der Waals surface area contributed by atoms with Crippen molar-refractivity contribution >= 4 is 11.6 Å². The number of benzene rings is 1. The first-order valence-corrected chi connectivity index (χ1v) is 7.27. The fourth-order valence-corrected chi connectivity index (χ4v) is 2.88. The third-order valence-electron chi connectivity index (χ3n) is 3.96. The number of anilines is 1. The van der Waals surface area contributed by atoms with E-state index in [-0.39, 0.29) is 5.91 Å². The van der Waals surface area contributed by atoms with Crippen LogP contribution in [0.25, 0.3) is 0 Å². The Balaban J connectivity index is 1.98. The number of hydrogen-bond acceptors (Lipinski definition) is 3. The molecular weight excluding hydrogens is 250 g/mol. The van der Waals surface area contributed by atoms with Gasteiger partial charge in [0.15, 0.2) is 0 Å². The summed E-state index contributed by atoms with van der Waals surface area (Å²) < 4.78 is 0. The molecule has 1 fully saturated rings. The van der Waals surface area contributed by atoms with E-state index in [1.54, 1.807) is 0 Å². The van der Waals surface area contributed by atoms with Crippen molar-refractivity contribution < 1.29 is 4.79 Å². The summed E-state index contributed by atoms with van der Waals surface area (Å²) in [6.07, 6.45) is 2.16. The van der Waals surface area contributed by atoms with Crippen LogP contribution in [0.15, 0.2) is 18.2 Å². The van der Waals surface area contributed by atoms with Gasteiger partial charge in [0.05, 0.1) is 5.56 Å². The number of hydrogen-bond donors (Lipinski definition) is 1. The highest BCUT2D eigenvalue weighted by Gasteiger charge is 2.24. The van der Waals surface area contributed by atoms with Crippen molar-refractivity contribution in [3.05, 3.63) is 29.3 Å². The summed E-state index contributed by atoms with van der Waals surface area (Å²) >= 11 is 0. The summed E-state index contributed by atoms with van der Waals surface area (Å²) in [5, 5.41) is 0. The van der Waals surface area contributed by atoms with Crippen LogP contribution in [-0.2, 0) is 0 Å². The third-order valence-corrected chi connectivity index (χ3v) is 3.96. The summed E-state index contributed by atoms with van der Waals surface area (Å²) in [5.41, 5.74) is 8.28. The summed E-state index contributed by atoms with van der Waals surface area (Å²) in [6.45, 7) is 4.77. The molecule has 0 spiro atoms. The maximum atomic E-state index is 12.5. The Hall–Kier alpha value is -1.55. The number of aryl methyl sites for hydroxylation is 1. The SMILES string of the molecule is Cc1ccc(C(=O)N2CCC(CN(C)C)CC2)c(N)c1. The maximum Gasteiger partial charge on any atom is 0.255 e. The van der Waals surface area contributed by atoms with Crippen LogP contribution >= 0.6 is 0 Å². The van der Waals surface area contributed by atoms with Crippen LogP contribution < -0.4 is 5.73 Å². The molecule has 1 aromatic carbocycles. The topological polar surface area (TPSA) is 49.6 Å². The van der Waals surface area contributed by atoms with Crippen LogP contribution in [0.1, 0.15) is 28.8 Å². The van der Waals surface area contributed by atoms with Crippen LogP contribution in [-0.4, -0.2) is 49.4 Å². The van der Waals surface area contributed by atoms with Gasteiger partial charge in [0.25, 0.3) is 5.91 Å². The van der Waals surface area contributed by atoms with Crippen LogP contribution in [0.4, 0.5) is 5.69 Å². The molecule has 2 N–H and O–H groups in total. The van der Waals surface area contributed by atoms with Gasteiger partial charge < -0.3 is 15.5 Å². The fourth-order valence-electron chi connectivity index (χ4n) is 2.88. The molecule has 20 heavy (non-hydrogen) atoms. The fraction of sp³-hybridized carbons (Fsp3) is 0.562. The molecule has 0 saturated carbocycles. The number of carbonyl (C=O) groups is 1. The van der Waals surface area contributed by atoms with E-state index in [2.05, 4.69) is 19.0 Å². The first kappa shape index (κ1) is 14.9. The summed E-state index contributed by atoms with van der Waals surface area (Å²) in [6, 6.07) is 5.66. The monoisotopic (exact) mass is 275 g/mol. The highest BCUT2D eigenvalue weighted by molar-refractivity contribution is 5.99. The van der Waals surface area contributed by atoms with Crippen molar-refractivity contribution in [2.75, 3.05) is 39.5 Å². The number of carbonyl (C=O) groups excluding carboxylic acids is 1. The summed E-state index contributed by atoms with van der Waals surface area (Å²) in [5.74, 6) is 0.773. The van der Waals surface area contributed by atoms with Crippen molar-refractivity contribution in [1.29, 1.82) is 0 Å². The van der Waals surface area contributed by atoms with Gasteiger partial charge in [-0.05, 0) is 57.5 Å². The molecular formula is C16H25N3O. The molecule has 1 aliphatic rings. The Bertz CT molecular complexity index is 477. The maximum absolute atomic E-state index is 12.5. The molecule has 1 aliphatic heterocycles. The zero-order valence-electron chi connectivity index (χ0n) is 12.7. The van der Waals surface area contributed by atoms with E-state index in [1.165, 1.54) is 0 Å². The molecule has 1 amide bonds. The van der Waals surface area contributed by atoms with Gasteiger partial charge >= 0.3 is 0 Å². The number of nitrogens with zero attached hydrogens (tertiary/aromatic N) is 2. The minimum Gasteiger partial charge on any atom is -0.398 e. The lowest BCUT2D eigenvalue weighted by Crippen LogP contribution is -2.40. The highest BCUT2D eigenvalue weighted by atomic mass is 16.2. The smallest absolute Gasteiger partial charge is 0.255 e. The zero-order valence-corrected chi connectivity index (χ0v) is 12.7. The number of amides is 1. The Morgan fingerprint density at radius 2 is 2.00 bits per heavy atom. The van der Waals surface area contributed by atoms with Crippen molar-refractivity contribution in [3.8, 4) is 0 Å². The minimum atomic E-state index is 0.0748. The molecule has 0 aromatic heterocycles. The third kappa shape index (κ3) is 3.51. The molecule has 0 radical (unpaired) electrons. The van der Waals surface area contributed by atoms with E-state index in [0.29, 0.717) is 17.2 Å². The molecule has 4 nitrogen and oxygen atoms in total. The Morgan fingerprint density at radius 3 is 2.55 bits per heavy atom. The summed E-state index contributed by atoms with van der Waals surface area (Å²) in [4.78, 5) is 16.7. The average Bonchev–Trinajstić information content (AvgIpc) is 2.38. The van der Waals surface area contributed by atoms with Gasteiger partial charge in [-0.1, -0.05) is 6.07 Å². The molecule has 0 bridgehead atoms. The molecule has 1 aromatic rings. The summed E-state index contributed by atoms with van der Waals surface area (Å²) in [7, 11) is 4.20. The molecule has 2 rings (SSSR count). The number of piperidine rings is 1. The second-order valence-electron chi connectivity index (χ2n) is 6.09. The standard InChI is InChI=1S/C16H25N3O/c1-12-4-5-14(15(17)10-12)16(20)19-8-6-13(7-9-19)11-18(2)3/h4-5,10,13H,6-9,11,17H2,1-3H3. The van der Waals surface area contributed by atoms with E-state index in [1.807, 2.05) is 30.0 Å². The van der Waals surface area contributed by atoms with Gasteiger partial charge in [0.1, 0.15) is 0 Å². The average molecular weight is 275 g/mol. The van der Waals surface area contributed by atoms with Crippen molar-refractivity contribution in [2.24, 2.45) is 5.92 Å². The normalized spacial score (nSPS) is 16.7. The minimum absolute atomic E-state index is 0.0748. The van der Waals surface area contributed by atoms with E-state index in [4.69, 9.17) is 5.73 Å². The first-order chi connectivity index (χ1) is 9.47. The number of nitrogen functional groups attached to an aromatic ring is 1. The van der Waals surface area contributed by atoms with Gasteiger partial charge in [0, 0.05) is 25.3 Å². The number of rotatable bonds is 3. The van der Waals surface area contributed by atoms with Crippen LogP contribution in [0.5, 0.6) is 0 Å². The van der Waals surface area contributed by atoms with Crippen LogP contribution in [0, 0.1) is 12.8 Å². The van der Waals surface area contributed by atoms with Gasteiger partial charge in [-0.25, -0.2) is 0 Å². The Morgan fingerprint density at radius 1 is 1.35 bits per heavy atom. The molecule has 110 valence electrons. The Labute approximate surface area is 121 Å². The molecule has 4 heteroatoms. The quantitative estimate of drug-likeness (QED) is 0.858. The van der Waals surface area contributed by atoms with Gasteiger partial charge in [-0.2, -0.15) is 0 Å². The second-order valence-corrected chi connectivity index (χ2v) is 6.09. The van der Waals surface area contributed by atoms with Crippen LogP contribution in [0.3, 0.4) is 0 Å². The number of likely N-dealkylation sites (tertiary alicyclic amines) is 1. The predicted molar refractivity (Wildman–Crippen MR) is 82.8 cm³/mol. The lowest BCUT2D eigenvalue weighted by atomic mass is 9.95. The van der Waals surface area contributed by atoms with Crippen molar-refractivity contribution in [1.82, 2.24) is 9.80 Å². The van der Waals surface area contributed by atoms with Crippen LogP contribution in [0.2, 0.25) is 0 Å². The number of nitrogens with two attached hydrogens (primary N) is 1. The van der Waals surface area contributed by atoms with Crippen molar-refractivity contribution in [2.45, 2.75) is 19.8 Å². The molecule has 1 heterocycles. The van der Waals surface area contributed by atoms with E-state index >= 15 is 0 Å². The van der Waals surface area contributed by atoms with E-state index in [0.717, 1.165) is 38.0 Å². The first-order valence-electron chi connectivity index (χ1n) is 7.27. The van der Waals surface area contributed by atoms with Gasteiger partial charge in [0.2, 0.25) is 0 Å².